The molecule has 0 aromatic heterocycles. The van der Waals surface area contributed by atoms with Crippen LogP contribution in [-0.4, -0.2) is 48.2 Å². The minimum Gasteiger partial charge on any atom is -0.489 e. The molecule has 27 heavy (non-hydrogen) atoms. The van der Waals surface area contributed by atoms with Gasteiger partial charge >= 0.3 is 6.09 Å². The van der Waals surface area contributed by atoms with Gasteiger partial charge in [0.25, 0.3) is 0 Å². The van der Waals surface area contributed by atoms with Crippen LogP contribution in [-0.2, 0) is 22.4 Å². The van der Waals surface area contributed by atoms with Gasteiger partial charge in [-0.1, -0.05) is 6.92 Å². The Hall–Kier alpha value is -2.24. The molecule has 0 N–H and O–H groups in total. The first-order valence-electron chi connectivity index (χ1n) is 9.78. The molecule has 3 rings (SSSR count). The number of carbonyl (C=O) groups is 2. The number of fused-ring (bicyclic) bond motifs is 2. The Morgan fingerprint density at radius 3 is 2.41 bits per heavy atom. The van der Waals surface area contributed by atoms with Crippen LogP contribution in [0, 0.1) is 0 Å². The minimum absolute atomic E-state index is 0.0204. The molecule has 0 saturated carbocycles. The van der Waals surface area contributed by atoms with Crippen LogP contribution >= 0.6 is 0 Å². The first kappa shape index (κ1) is 19.5. The average Bonchev–Trinajstić information content (AvgIpc) is 2.80. The van der Waals surface area contributed by atoms with Crippen molar-refractivity contribution in [3.63, 3.8) is 0 Å². The van der Waals surface area contributed by atoms with Gasteiger partial charge in [-0.15, -0.1) is 0 Å². The lowest BCUT2D eigenvalue weighted by atomic mass is 9.99. The van der Waals surface area contributed by atoms with Crippen LogP contribution in [0.3, 0.4) is 0 Å². The largest absolute Gasteiger partial charge is 0.489 e. The zero-order chi connectivity index (χ0) is 19.8. The molecule has 1 aromatic carbocycles. The van der Waals surface area contributed by atoms with Crippen LogP contribution in [0.1, 0.15) is 52.2 Å². The van der Waals surface area contributed by atoms with E-state index in [-0.39, 0.29) is 18.0 Å². The second-order valence-electron chi connectivity index (χ2n) is 8.33. The summed E-state index contributed by atoms with van der Waals surface area (Å²) in [4.78, 5) is 28.5. The van der Waals surface area contributed by atoms with Gasteiger partial charge in [-0.25, -0.2) is 4.79 Å². The molecule has 6 nitrogen and oxygen atoms in total. The number of rotatable bonds is 1. The van der Waals surface area contributed by atoms with Crippen molar-refractivity contribution in [1.29, 1.82) is 0 Å². The summed E-state index contributed by atoms with van der Waals surface area (Å²) in [6.07, 6.45) is 1.69. The van der Waals surface area contributed by atoms with Crippen LogP contribution in [0.4, 0.5) is 10.5 Å². The third-order valence-corrected chi connectivity index (χ3v) is 4.99. The molecule has 148 valence electrons. The second-order valence-corrected chi connectivity index (χ2v) is 8.33. The van der Waals surface area contributed by atoms with E-state index in [1.54, 1.807) is 4.90 Å². The first-order chi connectivity index (χ1) is 12.7. The maximum atomic E-state index is 12.5. The Morgan fingerprint density at radius 1 is 1.19 bits per heavy atom. The molecule has 0 spiro atoms. The summed E-state index contributed by atoms with van der Waals surface area (Å²) in [5.74, 6) is 0.871. The van der Waals surface area contributed by atoms with Crippen molar-refractivity contribution in [2.45, 2.75) is 65.5 Å². The lowest BCUT2D eigenvalue weighted by molar-refractivity contribution is -0.119. The smallest absolute Gasteiger partial charge is 0.410 e. The molecule has 0 unspecified atom stereocenters. The maximum Gasteiger partial charge on any atom is 0.410 e. The van der Waals surface area contributed by atoms with Crippen molar-refractivity contribution in [3.05, 3.63) is 23.3 Å². The number of hydrogen-bond acceptors (Lipinski definition) is 4. The fraction of sp³-hybridized carbons (Fsp3) is 0.619. The number of amides is 2. The number of hydrogen-bond donors (Lipinski definition) is 0. The van der Waals surface area contributed by atoms with E-state index in [0.29, 0.717) is 26.1 Å². The van der Waals surface area contributed by atoms with Crippen molar-refractivity contribution < 1.29 is 19.1 Å². The van der Waals surface area contributed by atoms with E-state index in [1.807, 2.05) is 45.6 Å². The molecule has 2 heterocycles. The SMILES string of the molecule is CCC(=O)N1c2cc3c(cc2OC[C@H]1C)CCN(C(=O)OC(C)(C)C)CC3. The number of carbonyl (C=O) groups excluding carboxylic acids is 2. The van der Waals surface area contributed by atoms with E-state index in [1.165, 1.54) is 11.1 Å². The Bertz CT molecular complexity index is 738. The van der Waals surface area contributed by atoms with E-state index in [0.717, 1.165) is 24.3 Å². The van der Waals surface area contributed by atoms with Crippen LogP contribution < -0.4 is 9.64 Å². The Kier molecular flexibility index (Phi) is 5.36. The van der Waals surface area contributed by atoms with E-state index < -0.39 is 5.60 Å². The zero-order valence-electron chi connectivity index (χ0n) is 17.0. The van der Waals surface area contributed by atoms with Gasteiger partial charge in [-0.05, 0) is 63.8 Å². The van der Waals surface area contributed by atoms with E-state index in [2.05, 4.69) is 6.07 Å². The van der Waals surface area contributed by atoms with Gasteiger partial charge in [0.05, 0.1) is 11.7 Å². The summed E-state index contributed by atoms with van der Waals surface area (Å²) in [6, 6.07) is 4.14. The molecule has 2 aliphatic heterocycles. The minimum atomic E-state index is -0.500. The molecule has 0 fully saturated rings. The lowest BCUT2D eigenvalue weighted by Crippen LogP contribution is -2.44. The normalized spacial score (nSPS) is 19.5. The van der Waals surface area contributed by atoms with Crippen molar-refractivity contribution in [2.75, 3.05) is 24.6 Å². The molecule has 0 aliphatic carbocycles. The molecule has 0 bridgehead atoms. The Balaban J connectivity index is 1.84. The van der Waals surface area contributed by atoms with Gasteiger partial charge in [0.1, 0.15) is 18.0 Å². The standard InChI is InChI=1S/C21H30N2O4/c1-6-19(24)23-14(2)13-26-18-12-16-8-10-22(20(25)27-21(3,4)5)9-7-15(16)11-17(18)23/h11-12,14H,6-10,13H2,1-5H3/t14-/m1/s1. The fourth-order valence-corrected chi connectivity index (χ4v) is 3.63. The monoisotopic (exact) mass is 374 g/mol. The molecular formula is C21H30N2O4. The highest BCUT2D eigenvalue weighted by molar-refractivity contribution is 5.96. The van der Waals surface area contributed by atoms with Crippen LogP contribution in [0.15, 0.2) is 12.1 Å². The quantitative estimate of drug-likeness (QED) is 0.754. The first-order valence-corrected chi connectivity index (χ1v) is 9.78. The summed E-state index contributed by atoms with van der Waals surface area (Å²) in [5, 5.41) is 0. The number of benzene rings is 1. The van der Waals surface area contributed by atoms with Gasteiger partial charge in [-0.2, -0.15) is 0 Å². The highest BCUT2D eigenvalue weighted by Gasteiger charge is 2.31. The summed E-state index contributed by atoms with van der Waals surface area (Å²) < 4.78 is 11.4. The number of ether oxygens (including phenoxy) is 2. The predicted octanol–water partition coefficient (Wildman–Crippen LogP) is 3.55. The van der Waals surface area contributed by atoms with Crippen LogP contribution in [0.25, 0.3) is 0 Å². The predicted molar refractivity (Wildman–Crippen MR) is 104 cm³/mol. The Labute approximate surface area is 161 Å². The maximum absolute atomic E-state index is 12.5. The Morgan fingerprint density at radius 2 is 1.81 bits per heavy atom. The fourth-order valence-electron chi connectivity index (χ4n) is 3.63. The van der Waals surface area contributed by atoms with E-state index in [9.17, 15) is 9.59 Å². The van der Waals surface area contributed by atoms with E-state index >= 15 is 0 Å². The van der Waals surface area contributed by atoms with E-state index in [4.69, 9.17) is 9.47 Å². The number of nitrogens with zero attached hydrogens (tertiary/aromatic N) is 2. The lowest BCUT2D eigenvalue weighted by Gasteiger charge is -2.35. The third kappa shape index (κ3) is 4.20. The van der Waals surface area contributed by atoms with Crippen molar-refractivity contribution >= 4 is 17.7 Å². The molecule has 2 aliphatic rings. The molecule has 6 heteroatoms. The average molecular weight is 374 g/mol. The molecule has 0 radical (unpaired) electrons. The van der Waals surface area contributed by atoms with Crippen LogP contribution in [0.5, 0.6) is 5.75 Å². The second kappa shape index (κ2) is 7.41. The molecule has 0 saturated heterocycles. The summed E-state index contributed by atoms with van der Waals surface area (Å²) in [7, 11) is 0. The van der Waals surface area contributed by atoms with Gasteiger partial charge in [0, 0.05) is 19.5 Å². The van der Waals surface area contributed by atoms with Crippen LogP contribution in [0.2, 0.25) is 0 Å². The zero-order valence-corrected chi connectivity index (χ0v) is 17.0. The van der Waals surface area contributed by atoms with Gasteiger partial charge in [0.2, 0.25) is 5.91 Å². The molecule has 1 atom stereocenters. The summed E-state index contributed by atoms with van der Waals surface area (Å²) >= 11 is 0. The van der Waals surface area contributed by atoms with Crippen molar-refractivity contribution in [3.8, 4) is 5.75 Å². The highest BCUT2D eigenvalue weighted by Crippen LogP contribution is 2.38. The van der Waals surface area contributed by atoms with Gasteiger partial charge in [0.15, 0.2) is 0 Å². The highest BCUT2D eigenvalue weighted by atomic mass is 16.6. The molecule has 1 aromatic rings. The summed E-state index contributed by atoms with van der Waals surface area (Å²) in [6.45, 7) is 11.3. The third-order valence-electron chi connectivity index (χ3n) is 4.99. The number of anilines is 1. The summed E-state index contributed by atoms with van der Waals surface area (Å²) in [5.41, 5.74) is 2.70. The topological polar surface area (TPSA) is 59.1 Å². The van der Waals surface area contributed by atoms with Gasteiger partial charge in [-0.3, -0.25) is 4.79 Å². The molecule has 2 amide bonds. The van der Waals surface area contributed by atoms with Gasteiger partial charge < -0.3 is 19.3 Å². The molecular weight excluding hydrogens is 344 g/mol. The van der Waals surface area contributed by atoms with Crippen molar-refractivity contribution in [1.82, 2.24) is 4.90 Å². The van der Waals surface area contributed by atoms with Crippen molar-refractivity contribution in [2.24, 2.45) is 0 Å².